The summed E-state index contributed by atoms with van der Waals surface area (Å²) in [4.78, 5) is 2.14. The van der Waals surface area contributed by atoms with Crippen LogP contribution in [0.15, 0.2) is 54.9 Å². The van der Waals surface area contributed by atoms with Gasteiger partial charge in [-0.3, -0.25) is 4.90 Å². The first-order valence-corrected chi connectivity index (χ1v) is 8.11. The molecule has 0 radical (unpaired) electrons. The Morgan fingerprint density at radius 2 is 2.12 bits per heavy atom. The summed E-state index contributed by atoms with van der Waals surface area (Å²) in [5, 5.41) is 10.1. The van der Waals surface area contributed by atoms with Gasteiger partial charge in [-0.1, -0.05) is 23.7 Å². The molecule has 0 N–H and O–H groups in total. The number of benzene rings is 1. The molecule has 3 rings (SSSR count). The Bertz CT molecular complexity index is 882. The van der Waals surface area contributed by atoms with Gasteiger partial charge in [-0.25, -0.2) is 0 Å². The number of hydrogen-bond acceptors (Lipinski definition) is 3. The molecule has 0 amide bonds. The van der Waals surface area contributed by atoms with Gasteiger partial charge in [0.25, 0.3) is 0 Å². The van der Waals surface area contributed by atoms with Crippen molar-refractivity contribution in [1.29, 1.82) is 5.26 Å². The zero-order valence-corrected chi connectivity index (χ0v) is 14.2. The van der Waals surface area contributed by atoms with Gasteiger partial charge in [0.1, 0.15) is 18.4 Å². The molecule has 3 aromatic rings. The summed E-state index contributed by atoms with van der Waals surface area (Å²) < 4.78 is 7.70. The Morgan fingerprint density at radius 1 is 1.25 bits per heavy atom. The highest BCUT2D eigenvalue weighted by Crippen LogP contribution is 2.19. The second-order valence-corrected chi connectivity index (χ2v) is 6.11. The van der Waals surface area contributed by atoms with Gasteiger partial charge >= 0.3 is 0 Å². The molecule has 0 fully saturated rings. The largest absolute Gasteiger partial charge is 0.492 e. The molecule has 2 aromatic heterocycles. The van der Waals surface area contributed by atoms with E-state index in [4.69, 9.17) is 16.3 Å². The Hall–Kier alpha value is -2.48. The normalized spacial score (nSPS) is 10.9. The first-order valence-electron chi connectivity index (χ1n) is 7.73. The molecule has 4 nitrogen and oxygen atoms in total. The lowest BCUT2D eigenvalue weighted by molar-refractivity contribution is 0.233. The highest BCUT2D eigenvalue weighted by molar-refractivity contribution is 6.30. The predicted octanol–water partition coefficient (Wildman–Crippen LogP) is 3.98. The van der Waals surface area contributed by atoms with E-state index in [1.807, 2.05) is 60.2 Å². The molecule has 2 heterocycles. The van der Waals surface area contributed by atoms with Crippen LogP contribution in [0.4, 0.5) is 0 Å². The average molecular weight is 340 g/mol. The summed E-state index contributed by atoms with van der Waals surface area (Å²) in [6.45, 7) is 2.01. The average Bonchev–Trinajstić information content (AvgIpc) is 2.91. The van der Waals surface area contributed by atoms with Crippen molar-refractivity contribution in [2.45, 2.75) is 6.54 Å². The molecule has 0 aliphatic heterocycles. The minimum Gasteiger partial charge on any atom is -0.492 e. The molecule has 24 heavy (non-hydrogen) atoms. The molecule has 5 heteroatoms. The topological polar surface area (TPSA) is 40.7 Å². The molecule has 0 bridgehead atoms. The Kier molecular flexibility index (Phi) is 5.05. The lowest BCUT2D eigenvalue weighted by Gasteiger charge is -2.16. The highest BCUT2D eigenvalue weighted by Gasteiger charge is 2.11. The number of nitrogens with zero attached hydrogens (tertiary/aromatic N) is 3. The van der Waals surface area contributed by atoms with Crippen LogP contribution in [-0.2, 0) is 6.54 Å². The van der Waals surface area contributed by atoms with Crippen LogP contribution in [0.1, 0.15) is 11.1 Å². The van der Waals surface area contributed by atoms with Crippen LogP contribution < -0.4 is 4.74 Å². The fourth-order valence-electron chi connectivity index (χ4n) is 2.67. The van der Waals surface area contributed by atoms with E-state index in [0.29, 0.717) is 18.2 Å². The van der Waals surface area contributed by atoms with E-state index in [1.165, 1.54) is 0 Å². The van der Waals surface area contributed by atoms with E-state index in [0.717, 1.165) is 28.9 Å². The lowest BCUT2D eigenvalue weighted by atomic mass is 10.1. The fraction of sp³-hybridized carbons (Fsp3) is 0.211. The summed E-state index contributed by atoms with van der Waals surface area (Å²) in [7, 11) is 2.02. The second-order valence-electron chi connectivity index (χ2n) is 5.68. The zero-order chi connectivity index (χ0) is 16.9. The summed E-state index contributed by atoms with van der Waals surface area (Å²) in [6.07, 6.45) is 3.98. The Labute approximate surface area is 146 Å². The van der Waals surface area contributed by atoms with Crippen LogP contribution in [0.2, 0.25) is 5.02 Å². The number of nitriles is 1. The van der Waals surface area contributed by atoms with Gasteiger partial charge in [0.2, 0.25) is 0 Å². The molecule has 0 aliphatic carbocycles. The first-order chi connectivity index (χ1) is 11.7. The molecule has 0 aliphatic rings. The van der Waals surface area contributed by atoms with E-state index in [2.05, 4.69) is 11.0 Å². The van der Waals surface area contributed by atoms with E-state index >= 15 is 0 Å². The van der Waals surface area contributed by atoms with E-state index < -0.39 is 0 Å². The quantitative estimate of drug-likeness (QED) is 0.682. The summed E-state index contributed by atoms with van der Waals surface area (Å²) in [5.74, 6) is 0.767. The van der Waals surface area contributed by atoms with Gasteiger partial charge in [-0.2, -0.15) is 5.26 Å². The number of aromatic nitrogens is 1. The molecular weight excluding hydrogens is 322 g/mol. The molecule has 0 saturated heterocycles. The van der Waals surface area contributed by atoms with Gasteiger partial charge in [0.05, 0.1) is 11.1 Å². The third kappa shape index (κ3) is 3.70. The number of likely N-dealkylation sites (N-methyl/N-ethyl adjacent to an activating group) is 1. The summed E-state index contributed by atoms with van der Waals surface area (Å²) in [6, 6.07) is 15.6. The Balaban J connectivity index is 1.61. The molecule has 0 spiro atoms. The van der Waals surface area contributed by atoms with Crippen molar-refractivity contribution in [1.82, 2.24) is 9.30 Å². The maximum atomic E-state index is 9.45. The van der Waals surface area contributed by atoms with Gasteiger partial charge in [0, 0.05) is 36.1 Å². The van der Waals surface area contributed by atoms with Gasteiger partial charge in [-0.15, -0.1) is 0 Å². The van der Waals surface area contributed by atoms with Crippen molar-refractivity contribution < 1.29 is 4.74 Å². The Morgan fingerprint density at radius 3 is 2.92 bits per heavy atom. The fourth-order valence-corrected chi connectivity index (χ4v) is 2.85. The number of hydrogen-bond donors (Lipinski definition) is 0. The van der Waals surface area contributed by atoms with E-state index in [-0.39, 0.29) is 0 Å². The molecule has 122 valence electrons. The van der Waals surface area contributed by atoms with Crippen molar-refractivity contribution in [3.05, 3.63) is 71.0 Å². The van der Waals surface area contributed by atoms with Crippen LogP contribution in [0.25, 0.3) is 5.52 Å². The standard InChI is InChI=1S/C19H18ClN3O/c1-22(9-10-24-17-6-4-5-16(20)11-17)13-15-14-23-8-3-2-7-19(23)18(15)12-21/h2-8,11,14H,9-10,13H2,1H3. The number of pyridine rings is 1. The smallest absolute Gasteiger partial charge is 0.120 e. The van der Waals surface area contributed by atoms with Gasteiger partial charge in [-0.05, 0) is 37.4 Å². The van der Waals surface area contributed by atoms with E-state index in [1.54, 1.807) is 6.07 Å². The third-order valence-corrected chi connectivity index (χ3v) is 4.09. The summed E-state index contributed by atoms with van der Waals surface area (Å²) >= 11 is 5.94. The number of halogens is 1. The zero-order valence-electron chi connectivity index (χ0n) is 13.4. The minimum absolute atomic E-state index is 0.562. The van der Waals surface area contributed by atoms with Crippen LogP contribution in [0.5, 0.6) is 5.75 Å². The number of ether oxygens (including phenoxy) is 1. The molecule has 0 saturated carbocycles. The SMILES string of the molecule is CN(CCOc1cccc(Cl)c1)Cc1cn2ccccc2c1C#N. The maximum absolute atomic E-state index is 9.45. The van der Waals surface area contributed by atoms with Crippen LogP contribution >= 0.6 is 11.6 Å². The third-order valence-electron chi connectivity index (χ3n) is 3.85. The highest BCUT2D eigenvalue weighted by atomic mass is 35.5. The van der Waals surface area contributed by atoms with Gasteiger partial charge < -0.3 is 9.14 Å². The summed E-state index contributed by atoms with van der Waals surface area (Å²) in [5.41, 5.74) is 2.70. The minimum atomic E-state index is 0.562. The van der Waals surface area contributed by atoms with Crippen LogP contribution in [-0.4, -0.2) is 29.5 Å². The lowest BCUT2D eigenvalue weighted by Crippen LogP contribution is -2.24. The second kappa shape index (κ2) is 7.39. The molecular formula is C19H18ClN3O. The number of rotatable bonds is 6. The van der Waals surface area contributed by atoms with Crippen molar-refractivity contribution in [2.24, 2.45) is 0 Å². The van der Waals surface area contributed by atoms with Gasteiger partial charge in [0.15, 0.2) is 0 Å². The van der Waals surface area contributed by atoms with Crippen molar-refractivity contribution in [3.63, 3.8) is 0 Å². The van der Waals surface area contributed by atoms with Crippen molar-refractivity contribution in [3.8, 4) is 11.8 Å². The molecule has 0 atom stereocenters. The van der Waals surface area contributed by atoms with Crippen molar-refractivity contribution in [2.75, 3.05) is 20.2 Å². The van der Waals surface area contributed by atoms with Crippen molar-refractivity contribution >= 4 is 17.1 Å². The number of fused-ring (bicyclic) bond motifs is 1. The monoisotopic (exact) mass is 339 g/mol. The van der Waals surface area contributed by atoms with E-state index in [9.17, 15) is 5.26 Å². The van der Waals surface area contributed by atoms with Crippen LogP contribution in [0, 0.1) is 11.3 Å². The molecule has 0 unspecified atom stereocenters. The van der Waals surface area contributed by atoms with Crippen LogP contribution in [0.3, 0.4) is 0 Å². The molecule has 1 aromatic carbocycles. The first kappa shape index (κ1) is 16.4. The predicted molar refractivity (Wildman–Crippen MR) is 95.4 cm³/mol. The maximum Gasteiger partial charge on any atom is 0.120 e.